The number of primary amides is 1. The lowest BCUT2D eigenvalue weighted by molar-refractivity contribution is -0.118. The van der Waals surface area contributed by atoms with Gasteiger partial charge in [0.2, 0.25) is 5.91 Å². The summed E-state index contributed by atoms with van der Waals surface area (Å²) in [6.07, 6.45) is 2.06. The van der Waals surface area contributed by atoms with Crippen molar-refractivity contribution < 1.29 is 9.59 Å². The molecule has 5 heteroatoms. The molecule has 1 aromatic rings. The van der Waals surface area contributed by atoms with Crippen LogP contribution in [-0.2, 0) is 4.79 Å². The van der Waals surface area contributed by atoms with Gasteiger partial charge >= 0.3 is 0 Å². The van der Waals surface area contributed by atoms with Crippen molar-refractivity contribution in [1.29, 1.82) is 0 Å². The van der Waals surface area contributed by atoms with Crippen LogP contribution in [0.1, 0.15) is 23.3 Å². The Balaban J connectivity index is 2.49. The van der Waals surface area contributed by atoms with Gasteiger partial charge in [-0.05, 0) is 18.6 Å². The first-order valence-electron chi connectivity index (χ1n) is 4.32. The second-order valence-corrected chi connectivity index (χ2v) is 3.06. The Bertz CT molecular complexity index is 319. The second-order valence-electron chi connectivity index (χ2n) is 3.06. The summed E-state index contributed by atoms with van der Waals surface area (Å²) in [4.78, 5) is 24.7. The lowest BCUT2D eigenvalue weighted by Crippen LogP contribution is -2.32. The van der Waals surface area contributed by atoms with Gasteiger partial charge in [-0.25, -0.2) is 0 Å². The van der Waals surface area contributed by atoms with Gasteiger partial charge in [0.25, 0.3) is 0 Å². The van der Waals surface area contributed by atoms with Crippen LogP contribution in [0.3, 0.4) is 0 Å². The molecule has 1 atom stereocenters. The molecule has 0 spiro atoms. The number of hydrogen-bond acceptors (Lipinski definition) is 3. The van der Waals surface area contributed by atoms with Gasteiger partial charge in [0.15, 0.2) is 5.78 Å². The number of aromatic amines is 1. The van der Waals surface area contributed by atoms with Crippen LogP contribution in [0.15, 0.2) is 18.3 Å². The van der Waals surface area contributed by atoms with Crippen molar-refractivity contribution in [3.05, 3.63) is 24.0 Å². The third-order valence-corrected chi connectivity index (χ3v) is 1.90. The van der Waals surface area contributed by atoms with Crippen molar-refractivity contribution in [3.63, 3.8) is 0 Å². The van der Waals surface area contributed by atoms with Crippen LogP contribution >= 0.6 is 0 Å². The molecule has 14 heavy (non-hydrogen) atoms. The Labute approximate surface area is 81.5 Å². The number of H-pyrrole nitrogens is 1. The monoisotopic (exact) mass is 195 g/mol. The van der Waals surface area contributed by atoms with Gasteiger partial charge in [0.1, 0.15) is 0 Å². The quantitative estimate of drug-likeness (QED) is 0.566. The fourth-order valence-electron chi connectivity index (χ4n) is 1.11. The number of amides is 1. The SMILES string of the molecule is NC(=O)CC[C@H](N)C(=O)c1ccc[nH]1. The maximum absolute atomic E-state index is 11.5. The van der Waals surface area contributed by atoms with E-state index in [4.69, 9.17) is 11.5 Å². The predicted molar refractivity (Wildman–Crippen MR) is 51.5 cm³/mol. The number of hydrogen-bond donors (Lipinski definition) is 3. The summed E-state index contributed by atoms with van der Waals surface area (Å²) in [5, 5.41) is 0. The van der Waals surface area contributed by atoms with E-state index < -0.39 is 11.9 Å². The number of Topliss-reactive ketones (excluding diaryl/α,β-unsaturated/α-hetero) is 1. The number of carbonyl (C=O) groups is 2. The smallest absolute Gasteiger partial charge is 0.217 e. The van der Waals surface area contributed by atoms with Crippen molar-refractivity contribution in [2.24, 2.45) is 11.5 Å². The van der Waals surface area contributed by atoms with Crippen molar-refractivity contribution in [2.45, 2.75) is 18.9 Å². The van der Waals surface area contributed by atoms with Gasteiger partial charge in [0.05, 0.1) is 11.7 Å². The molecule has 0 bridgehead atoms. The van der Waals surface area contributed by atoms with E-state index >= 15 is 0 Å². The third-order valence-electron chi connectivity index (χ3n) is 1.90. The fourth-order valence-corrected chi connectivity index (χ4v) is 1.11. The van der Waals surface area contributed by atoms with Gasteiger partial charge in [0, 0.05) is 12.6 Å². The van der Waals surface area contributed by atoms with Crippen molar-refractivity contribution in [3.8, 4) is 0 Å². The van der Waals surface area contributed by atoms with Gasteiger partial charge in [-0.2, -0.15) is 0 Å². The molecule has 0 aliphatic rings. The Morgan fingerprint density at radius 3 is 2.71 bits per heavy atom. The van der Waals surface area contributed by atoms with E-state index in [-0.39, 0.29) is 18.6 Å². The molecular weight excluding hydrogens is 182 g/mol. The molecule has 5 N–H and O–H groups in total. The number of aromatic nitrogens is 1. The molecule has 0 saturated heterocycles. The molecule has 76 valence electrons. The average molecular weight is 195 g/mol. The van der Waals surface area contributed by atoms with Crippen LogP contribution in [0.4, 0.5) is 0 Å². The fraction of sp³-hybridized carbons (Fsp3) is 0.333. The second kappa shape index (κ2) is 4.57. The molecule has 0 unspecified atom stereocenters. The van der Waals surface area contributed by atoms with Crippen LogP contribution in [-0.4, -0.2) is 22.7 Å². The molecule has 1 aromatic heterocycles. The van der Waals surface area contributed by atoms with E-state index in [1.54, 1.807) is 18.3 Å². The third kappa shape index (κ3) is 2.70. The van der Waals surface area contributed by atoms with E-state index in [2.05, 4.69) is 4.98 Å². The Kier molecular flexibility index (Phi) is 3.41. The summed E-state index contributed by atoms with van der Waals surface area (Å²) in [7, 11) is 0. The Hall–Kier alpha value is -1.62. The number of nitrogens with two attached hydrogens (primary N) is 2. The maximum Gasteiger partial charge on any atom is 0.217 e. The minimum Gasteiger partial charge on any atom is -0.370 e. The minimum absolute atomic E-state index is 0.133. The minimum atomic E-state index is -0.666. The van der Waals surface area contributed by atoms with Gasteiger partial charge in [-0.1, -0.05) is 0 Å². The summed E-state index contributed by atoms with van der Waals surface area (Å²) in [6, 6.07) is 2.70. The maximum atomic E-state index is 11.5. The van der Waals surface area contributed by atoms with Crippen molar-refractivity contribution in [1.82, 2.24) is 4.98 Å². The summed E-state index contributed by atoms with van der Waals surface area (Å²) in [5.74, 6) is -0.643. The highest BCUT2D eigenvalue weighted by Crippen LogP contribution is 2.03. The normalized spacial score (nSPS) is 12.4. The highest BCUT2D eigenvalue weighted by molar-refractivity contribution is 5.98. The van der Waals surface area contributed by atoms with Gasteiger partial charge in [-0.3, -0.25) is 9.59 Å². The van der Waals surface area contributed by atoms with Crippen LogP contribution in [0.5, 0.6) is 0 Å². The summed E-state index contributed by atoms with van der Waals surface area (Å²) in [5.41, 5.74) is 11.0. The van der Waals surface area contributed by atoms with E-state index in [1.165, 1.54) is 0 Å². The van der Waals surface area contributed by atoms with Crippen LogP contribution in [0.25, 0.3) is 0 Å². The van der Waals surface area contributed by atoms with Crippen molar-refractivity contribution >= 4 is 11.7 Å². The van der Waals surface area contributed by atoms with Crippen LogP contribution < -0.4 is 11.5 Å². The van der Waals surface area contributed by atoms with Crippen LogP contribution in [0.2, 0.25) is 0 Å². The molecule has 0 fully saturated rings. The largest absolute Gasteiger partial charge is 0.370 e. The molecule has 0 aliphatic carbocycles. The average Bonchev–Trinajstić information content (AvgIpc) is 2.65. The first-order valence-corrected chi connectivity index (χ1v) is 4.32. The number of rotatable bonds is 5. The molecule has 0 radical (unpaired) electrons. The standard InChI is InChI=1S/C9H13N3O2/c10-6(3-4-8(11)13)9(14)7-2-1-5-12-7/h1-2,5-6,12H,3-4,10H2,(H2,11,13)/t6-/m0/s1. The van der Waals surface area contributed by atoms with E-state index in [0.717, 1.165) is 0 Å². The zero-order valence-electron chi connectivity index (χ0n) is 7.69. The lowest BCUT2D eigenvalue weighted by Gasteiger charge is -2.07. The molecule has 0 aromatic carbocycles. The molecule has 0 aliphatic heterocycles. The molecule has 1 amide bonds. The van der Waals surface area contributed by atoms with Gasteiger partial charge in [-0.15, -0.1) is 0 Å². The van der Waals surface area contributed by atoms with E-state index in [0.29, 0.717) is 5.69 Å². The highest BCUT2D eigenvalue weighted by atomic mass is 16.1. The predicted octanol–water partition coefficient (Wildman–Crippen LogP) is -0.210. The molecule has 1 heterocycles. The number of ketones is 1. The molecule has 5 nitrogen and oxygen atoms in total. The Morgan fingerprint density at radius 1 is 1.50 bits per heavy atom. The topological polar surface area (TPSA) is 102 Å². The zero-order valence-corrected chi connectivity index (χ0v) is 7.69. The van der Waals surface area contributed by atoms with E-state index in [1.807, 2.05) is 0 Å². The van der Waals surface area contributed by atoms with Crippen molar-refractivity contribution in [2.75, 3.05) is 0 Å². The van der Waals surface area contributed by atoms with Crippen LogP contribution in [0, 0.1) is 0 Å². The first-order chi connectivity index (χ1) is 6.61. The van der Waals surface area contributed by atoms with Gasteiger partial charge < -0.3 is 16.5 Å². The first kappa shape index (κ1) is 10.5. The number of carbonyl (C=O) groups excluding carboxylic acids is 2. The number of nitrogens with one attached hydrogen (secondary N) is 1. The lowest BCUT2D eigenvalue weighted by atomic mass is 10.1. The highest BCUT2D eigenvalue weighted by Gasteiger charge is 2.16. The summed E-state index contributed by atoms with van der Waals surface area (Å²) in [6.45, 7) is 0. The molecule has 0 saturated carbocycles. The summed E-state index contributed by atoms with van der Waals surface area (Å²) < 4.78 is 0. The summed E-state index contributed by atoms with van der Waals surface area (Å²) >= 11 is 0. The molecular formula is C9H13N3O2. The Morgan fingerprint density at radius 2 is 2.21 bits per heavy atom. The zero-order chi connectivity index (χ0) is 10.6. The molecule has 1 rings (SSSR count). The van der Waals surface area contributed by atoms with E-state index in [9.17, 15) is 9.59 Å².